The van der Waals surface area contributed by atoms with E-state index < -0.39 is 0 Å². The van der Waals surface area contributed by atoms with Crippen LogP contribution in [0.3, 0.4) is 0 Å². The molecule has 1 aromatic carbocycles. The van der Waals surface area contributed by atoms with Gasteiger partial charge in [0.15, 0.2) is 5.82 Å². The summed E-state index contributed by atoms with van der Waals surface area (Å²) in [5.41, 5.74) is 1.95. The smallest absolute Gasteiger partial charge is 0.251 e. The van der Waals surface area contributed by atoms with Crippen LogP contribution in [0, 0.1) is 0 Å². The van der Waals surface area contributed by atoms with Gasteiger partial charge >= 0.3 is 0 Å². The molecule has 0 unspecified atom stereocenters. The van der Waals surface area contributed by atoms with Crippen molar-refractivity contribution in [2.24, 2.45) is 0 Å². The molecule has 10 heteroatoms. The second-order valence-electron chi connectivity index (χ2n) is 10.3. The lowest BCUT2D eigenvalue weighted by Gasteiger charge is -2.30. The minimum Gasteiger partial charge on any atom is -0.495 e. The lowest BCUT2D eigenvalue weighted by molar-refractivity contribution is -0.118. The number of hydrogen-bond acceptors (Lipinski definition) is 8. The number of amides is 2. The summed E-state index contributed by atoms with van der Waals surface area (Å²) in [5.74, 6) is 1.72. The predicted molar refractivity (Wildman–Crippen MR) is 144 cm³/mol. The first-order chi connectivity index (χ1) is 17.9. The van der Waals surface area contributed by atoms with E-state index in [0.717, 1.165) is 50.3 Å². The van der Waals surface area contributed by atoms with Crippen LogP contribution >= 0.6 is 0 Å². The van der Waals surface area contributed by atoms with Crippen LogP contribution in [0.4, 0.5) is 23.1 Å². The largest absolute Gasteiger partial charge is 0.495 e. The highest BCUT2D eigenvalue weighted by Gasteiger charge is 2.31. The van der Waals surface area contributed by atoms with Crippen molar-refractivity contribution in [3.05, 3.63) is 30.0 Å². The van der Waals surface area contributed by atoms with Crippen molar-refractivity contribution in [3.63, 3.8) is 0 Å². The van der Waals surface area contributed by atoms with Crippen LogP contribution in [0.1, 0.15) is 55.3 Å². The number of fused-ring (bicyclic) bond motifs is 1. The van der Waals surface area contributed by atoms with Gasteiger partial charge in [0.2, 0.25) is 11.9 Å². The van der Waals surface area contributed by atoms with Crippen LogP contribution in [0.15, 0.2) is 24.4 Å². The van der Waals surface area contributed by atoms with E-state index in [1.807, 2.05) is 6.07 Å². The number of hydrogen-bond donors (Lipinski definition) is 2. The van der Waals surface area contributed by atoms with Crippen LogP contribution in [-0.2, 0) is 4.79 Å². The number of methoxy groups -OCH3 is 1. The predicted octanol–water partition coefficient (Wildman–Crippen LogP) is 3.17. The van der Waals surface area contributed by atoms with Gasteiger partial charge in [-0.1, -0.05) is 12.8 Å². The normalized spacial score (nSPS) is 19.5. The van der Waals surface area contributed by atoms with Crippen molar-refractivity contribution < 1.29 is 14.3 Å². The van der Waals surface area contributed by atoms with Gasteiger partial charge in [0.05, 0.1) is 19.0 Å². The summed E-state index contributed by atoms with van der Waals surface area (Å²) in [7, 11) is 5.47. The second kappa shape index (κ2) is 10.9. The summed E-state index contributed by atoms with van der Waals surface area (Å²) in [4.78, 5) is 41.1. The Morgan fingerprint density at radius 1 is 1.08 bits per heavy atom. The summed E-state index contributed by atoms with van der Waals surface area (Å²) in [6, 6.07) is 5.93. The van der Waals surface area contributed by atoms with E-state index in [-0.39, 0.29) is 17.9 Å². The average molecular weight is 508 g/mol. The zero-order valence-electron chi connectivity index (χ0n) is 22.0. The molecular weight excluding hydrogens is 470 g/mol. The Hall–Kier alpha value is -3.40. The number of benzene rings is 1. The van der Waals surface area contributed by atoms with Gasteiger partial charge in [-0.25, -0.2) is 4.98 Å². The van der Waals surface area contributed by atoms with E-state index in [1.54, 1.807) is 37.4 Å². The Kier molecular flexibility index (Phi) is 7.45. The topological polar surface area (TPSA) is 103 Å². The molecule has 2 N–H and O–H groups in total. The third kappa shape index (κ3) is 5.49. The summed E-state index contributed by atoms with van der Waals surface area (Å²) in [6.45, 7) is 2.63. The molecule has 5 rings (SSSR count). The maximum atomic E-state index is 12.9. The molecule has 1 aliphatic carbocycles. The number of aromatic nitrogens is 2. The Balaban J connectivity index is 1.36. The minimum absolute atomic E-state index is 0.0711. The molecule has 1 aromatic heterocycles. The number of rotatable bonds is 6. The number of ether oxygens (including phenoxy) is 1. The Bertz CT molecular complexity index is 1140. The van der Waals surface area contributed by atoms with Crippen molar-refractivity contribution in [1.82, 2.24) is 20.2 Å². The molecule has 2 amide bonds. The number of carbonyl (C=O) groups excluding carboxylic acids is 2. The molecule has 1 saturated heterocycles. The third-order valence-corrected chi connectivity index (χ3v) is 7.85. The first-order valence-electron chi connectivity index (χ1n) is 13.3. The zero-order valence-corrected chi connectivity index (χ0v) is 22.0. The summed E-state index contributed by atoms with van der Waals surface area (Å²) < 4.78 is 5.61. The first-order valence-corrected chi connectivity index (χ1v) is 13.3. The maximum Gasteiger partial charge on any atom is 0.251 e. The van der Waals surface area contributed by atoms with Gasteiger partial charge < -0.3 is 30.1 Å². The monoisotopic (exact) mass is 507 g/mol. The molecule has 0 spiro atoms. The van der Waals surface area contributed by atoms with E-state index in [0.29, 0.717) is 42.0 Å². The molecule has 37 heavy (non-hydrogen) atoms. The quantitative estimate of drug-likeness (QED) is 0.615. The van der Waals surface area contributed by atoms with Crippen molar-refractivity contribution in [1.29, 1.82) is 0 Å². The standard InChI is InChI=1S/C27H37N7O3/c1-32-13-10-19(11-14-32)29-26(36)18-8-9-21(23(16-18)37-3)30-27-28-17-22-25(31-27)34(20-6-4-5-7-20)15-12-24(35)33(22)2/h8-9,16-17,19-20H,4-7,10-15H2,1-3H3,(H,29,36)(H,28,30,31). The van der Waals surface area contributed by atoms with Gasteiger partial charge in [-0.05, 0) is 64.0 Å². The van der Waals surface area contributed by atoms with Crippen LogP contribution in [0.5, 0.6) is 5.75 Å². The Morgan fingerprint density at radius 2 is 1.84 bits per heavy atom. The van der Waals surface area contributed by atoms with E-state index in [4.69, 9.17) is 9.72 Å². The highest BCUT2D eigenvalue weighted by molar-refractivity contribution is 5.97. The van der Waals surface area contributed by atoms with Crippen molar-refractivity contribution in [3.8, 4) is 5.75 Å². The van der Waals surface area contributed by atoms with Crippen molar-refractivity contribution in [2.45, 2.75) is 57.0 Å². The molecular formula is C27H37N7O3. The van der Waals surface area contributed by atoms with Gasteiger partial charge in [0, 0.05) is 37.7 Å². The molecule has 2 aliphatic heterocycles. The molecule has 10 nitrogen and oxygen atoms in total. The lowest BCUT2D eigenvalue weighted by Crippen LogP contribution is -2.43. The molecule has 2 aromatic rings. The van der Waals surface area contributed by atoms with E-state index >= 15 is 0 Å². The average Bonchev–Trinajstić information content (AvgIpc) is 3.41. The minimum atomic E-state index is -0.0967. The fraction of sp³-hybridized carbons (Fsp3) is 0.556. The Morgan fingerprint density at radius 3 is 2.57 bits per heavy atom. The fourth-order valence-corrected chi connectivity index (χ4v) is 5.55. The van der Waals surface area contributed by atoms with Crippen LogP contribution in [0.2, 0.25) is 0 Å². The number of nitrogens with zero attached hydrogens (tertiary/aromatic N) is 5. The SMILES string of the molecule is COc1cc(C(=O)NC2CCN(C)CC2)ccc1Nc1ncc2c(n1)N(C1CCCC1)CCC(=O)N2C. The van der Waals surface area contributed by atoms with Gasteiger partial charge in [-0.15, -0.1) is 0 Å². The zero-order chi connectivity index (χ0) is 25.9. The lowest BCUT2D eigenvalue weighted by atomic mass is 10.0. The van der Waals surface area contributed by atoms with E-state index in [9.17, 15) is 9.59 Å². The van der Waals surface area contributed by atoms with Crippen LogP contribution in [-0.4, -0.2) is 79.6 Å². The van der Waals surface area contributed by atoms with Crippen molar-refractivity contribution >= 4 is 35.0 Å². The number of nitrogens with one attached hydrogen (secondary N) is 2. The molecule has 2 fully saturated rings. The van der Waals surface area contributed by atoms with Gasteiger partial charge in [0.25, 0.3) is 5.91 Å². The summed E-state index contributed by atoms with van der Waals surface area (Å²) in [5, 5.41) is 6.42. The molecule has 0 radical (unpaired) electrons. The van der Waals surface area contributed by atoms with Gasteiger partial charge in [0.1, 0.15) is 11.4 Å². The van der Waals surface area contributed by atoms with Crippen LogP contribution < -0.4 is 25.2 Å². The third-order valence-electron chi connectivity index (χ3n) is 7.85. The van der Waals surface area contributed by atoms with E-state index in [2.05, 4.69) is 32.5 Å². The summed E-state index contributed by atoms with van der Waals surface area (Å²) >= 11 is 0. The summed E-state index contributed by atoms with van der Waals surface area (Å²) in [6.07, 6.45) is 8.70. The van der Waals surface area contributed by atoms with Gasteiger partial charge in [-0.2, -0.15) is 4.98 Å². The molecule has 1 saturated carbocycles. The number of anilines is 4. The molecule has 3 aliphatic rings. The molecule has 198 valence electrons. The molecule has 0 atom stereocenters. The molecule has 3 heterocycles. The number of carbonyl (C=O) groups is 2. The van der Waals surface area contributed by atoms with Gasteiger partial charge in [-0.3, -0.25) is 9.59 Å². The van der Waals surface area contributed by atoms with Crippen molar-refractivity contribution in [2.75, 3.05) is 56.0 Å². The Labute approximate surface area is 218 Å². The molecule has 0 bridgehead atoms. The number of piperidine rings is 1. The fourth-order valence-electron chi connectivity index (χ4n) is 5.55. The second-order valence-corrected chi connectivity index (χ2v) is 10.3. The first kappa shape index (κ1) is 25.3. The number of likely N-dealkylation sites (tertiary alicyclic amines) is 1. The highest BCUT2D eigenvalue weighted by atomic mass is 16.5. The maximum absolute atomic E-state index is 12.9. The van der Waals surface area contributed by atoms with Crippen LogP contribution in [0.25, 0.3) is 0 Å². The highest BCUT2D eigenvalue weighted by Crippen LogP contribution is 2.37. The van der Waals surface area contributed by atoms with E-state index in [1.165, 1.54) is 12.8 Å².